The molecule has 6 heteroatoms. The SMILES string of the molecule is CN1C(=CC(=O)COC(=O)c2cnccn2)C(C)(C)c2ccccc21. The van der Waals surface area contributed by atoms with Gasteiger partial charge < -0.3 is 9.64 Å². The van der Waals surface area contributed by atoms with E-state index in [1.807, 2.05) is 30.1 Å². The molecule has 0 saturated heterocycles. The number of ether oxygens (including phenoxy) is 1. The number of nitrogens with zero attached hydrogens (tertiary/aromatic N) is 3. The van der Waals surface area contributed by atoms with Crippen LogP contribution in [0, 0.1) is 0 Å². The highest BCUT2D eigenvalue weighted by atomic mass is 16.5. The molecule has 6 nitrogen and oxygen atoms in total. The number of benzene rings is 1. The Balaban J connectivity index is 1.73. The molecular formula is C19H19N3O3. The zero-order valence-corrected chi connectivity index (χ0v) is 14.4. The molecule has 1 aliphatic heterocycles. The van der Waals surface area contributed by atoms with Crippen LogP contribution in [0.2, 0.25) is 0 Å². The second kappa shape index (κ2) is 6.47. The van der Waals surface area contributed by atoms with Crippen LogP contribution in [-0.4, -0.2) is 35.4 Å². The number of anilines is 1. The molecule has 0 bridgehead atoms. The quantitative estimate of drug-likeness (QED) is 0.630. The molecule has 0 amide bonds. The van der Waals surface area contributed by atoms with E-state index in [2.05, 4.69) is 29.9 Å². The van der Waals surface area contributed by atoms with Crippen molar-refractivity contribution in [3.8, 4) is 0 Å². The maximum atomic E-state index is 12.3. The third-order valence-corrected chi connectivity index (χ3v) is 4.36. The van der Waals surface area contributed by atoms with Gasteiger partial charge in [-0.25, -0.2) is 9.78 Å². The third-order valence-electron chi connectivity index (χ3n) is 4.36. The molecule has 3 rings (SSSR count). The van der Waals surface area contributed by atoms with Crippen LogP contribution >= 0.6 is 0 Å². The summed E-state index contributed by atoms with van der Waals surface area (Å²) >= 11 is 0. The second-order valence-corrected chi connectivity index (χ2v) is 6.36. The summed E-state index contributed by atoms with van der Waals surface area (Å²) in [6, 6.07) is 8.04. The van der Waals surface area contributed by atoms with E-state index >= 15 is 0 Å². The van der Waals surface area contributed by atoms with Crippen molar-refractivity contribution in [2.45, 2.75) is 19.3 Å². The van der Waals surface area contributed by atoms with Gasteiger partial charge in [-0.05, 0) is 11.6 Å². The summed E-state index contributed by atoms with van der Waals surface area (Å²) in [6.07, 6.45) is 5.70. The lowest BCUT2D eigenvalue weighted by atomic mass is 9.83. The highest BCUT2D eigenvalue weighted by Gasteiger charge is 2.38. The van der Waals surface area contributed by atoms with Gasteiger partial charge in [-0.2, -0.15) is 0 Å². The normalized spacial score (nSPS) is 16.6. The van der Waals surface area contributed by atoms with Crippen molar-refractivity contribution < 1.29 is 14.3 Å². The predicted octanol–water partition coefficient (Wildman–Crippen LogP) is 2.51. The van der Waals surface area contributed by atoms with E-state index in [0.29, 0.717) is 0 Å². The average molecular weight is 337 g/mol. The van der Waals surface area contributed by atoms with Gasteiger partial charge in [0.25, 0.3) is 0 Å². The van der Waals surface area contributed by atoms with Crippen LogP contribution in [0.4, 0.5) is 5.69 Å². The molecule has 0 unspecified atom stereocenters. The zero-order valence-electron chi connectivity index (χ0n) is 14.4. The number of hydrogen-bond acceptors (Lipinski definition) is 6. The van der Waals surface area contributed by atoms with E-state index in [-0.39, 0.29) is 23.5 Å². The minimum Gasteiger partial charge on any atom is -0.453 e. The molecule has 128 valence electrons. The van der Waals surface area contributed by atoms with Gasteiger partial charge in [-0.3, -0.25) is 9.78 Å². The minimum atomic E-state index is -0.665. The van der Waals surface area contributed by atoms with E-state index in [0.717, 1.165) is 16.9 Å². The fraction of sp³-hybridized carbons (Fsp3) is 0.263. The number of aromatic nitrogens is 2. The number of para-hydroxylation sites is 1. The molecule has 2 aromatic rings. The third kappa shape index (κ3) is 3.15. The molecule has 1 aromatic carbocycles. The molecular weight excluding hydrogens is 318 g/mol. The fourth-order valence-electron chi connectivity index (χ4n) is 3.07. The monoisotopic (exact) mass is 337 g/mol. The van der Waals surface area contributed by atoms with Crippen molar-refractivity contribution in [3.05, 3.63) is 65.9 Å². The highest BCUT2D eigenvalue weighted by Crippen LogP contribution is 2.46. The van der Waals surface area contributed by atoms with Crippen LogP contribution in [0.5, 0.6) is 0 Å². The van der Waals surface area contributed by atoms with Crippen molar-refractivity contribution in [3.63, 3.8) is 0 Å². The van der Waals surface area contributed by atoms with E-state index < -0.39 is 5.97 Å². The summed E-state index contributed by atoms with van der Waals surface area (Å²) in [5.41, 5.74) is 2.88. The number of carbonyl (C=O) groups excluding carboxylic acids is 2. The van der Waals surface area contributed by atoms with Crippen molar-refractivity contribution in [2.75, 3.05) is 18.6 Å². The Bertz CT molecular complexity index is 844. The Hall–Kier alpha value is -3.02. The standard InChI is InChI=1S/C19H19N3O3/c1-19(2)14-6-4-5-7-16(14)22(3)17(19)10-13(23)12-25-18(24)15-11-20-8-9-21-15/h4-11H,12H2,1-3H3. The molecule has 1 aromatic heterocycles. The smallest absolute Gasteiger partial charge is 0.358 e. The summed E-state index contributed by atoms with van der Waals surface area (Å²) in [7, 11) is 1.93. The summed E-state index contributed by atoms with van der Waals surface area (Å²) in [5.74, 6) is -0.942. The summed E-state index contributed by atoms with van der Waals surface area (Å²) in [6.45, 7) is 3.80. The maximum absolute atomic E-state index is 12.3. The number of likely N-dealkylation sites (N-methyl/N-ethyl adjacent to an activating group) is 1. The highest BCUT2D eigenvalue weighted by molar-refractivity contribution is 5.96. The van der Waals surface area contributed by atoms with Gasteiger partial charge in [0.15, 0.2) is 18.1 Å². The van der Waals surface area contributed by atoms with Crippen LogP contribution < -0.4 is 4.90 Å². The topological polar surface area (TPSA) is 72.4 Å². The minimum absolute atomic E-state index is 0.0775. The second-order valence-electron chi connectivity index (χ2n) is 6.36. The first-order chi connectivity index (χ1) is 11.9. The number of carbonyl (C=O) groups is 2. The van der Waals surface area contributed by atoms with E-state index in [9.17, 15) is 9.59 Å². The molecule has 0 N–H and O–H groups in total. The molecule has 2 heterocycles. The zero-order chi connectivity index (χ0) is 18.0. The molecule has 0 saturated carbocycles. The van der Waals surface area contributed by atoms with Gasteiger partial charge in [0.2, 0.25) is 0 Å². The first kappa shape index (κ1) is 16.8. The Morgan fingerprint density at radius 2 is 2.00 bits per heavy atom. The van der Waals surface area contributed by atoms with Gasteiger partial charge in [0, 0.05) is 42.3 Å². The maximum Gasteiger partial charge on any atom is 0.358 e. The van der Waals surface area contributed by atoms with Crippen LogP contribution in [0.15, 0.2) is 54.6 Å². The van der Waals surface area contributed by atoms with Crippen molar-refractivity contribution in [1.82, 2.24) is 9.97 Å². The van der Waals surface area contributed by atoms with Gasteiger partial charge >= 0.3 is 5.97 Å². The Labute approximate surface area is 146 Å². The van der Waals surface area contributed by atoms with Crippen LogP contribution in [-0.2, 0) is 14.9 Å². The van der Waals surface area contributed by atoms with Crippen molar-refractivity contribution in [2.24, 2.45) is 0 Å². The molecule has 0 radical (unpaired) electrons. The van der Waals surface area contributed by atoms with Crippen LogP contribution in [0.25, 0.3) is 0 Å². The molecule has 0 fully saturated rings. The molecule has 0 aliphatic carbocycles. The van der Waals surface area contributed by atoms with Gasteiger partial charge in [0.1, 0.15) is 0 Å². The van der Waals surface area contributed by atoms with E-state index in [4.69, 9.17) is 4.74 Å². The number of hydrogen-bond donors (Lipinski definition) is 0. The lowest BCUT2D eigenvalue weighted by Crippen LogP contribution is -2.25. The number of fused-ring (bicyclic) bond motifs is 1. The van der Waals surface area contributed by atoms with Crippen molar-refractivity contribution in [1.29, 1.82) is 0 Å². The Morgan fingerprint density at radius 3 is 2.68 bits per heavy atom. The average Bonchev–Trinajstić information content (AvgIpc) is 2.82. The van der Waals surface area contributed by atoms with Gasteiger partial charge in [-0.15, -0.1) is 0 Å². The number of allylic oxidation sites excluding steroid dienone is 1. The summed E-state index contributed by atoms with van der Waals surface area (Å²) in [4.78, 5) is 33.8. The Kier molecular flexibility index (Phi) is 4.35. The van der Waals surface area contributed by atoms with Crippen LogP contribution in [0.3, 0.4) is 0 Å². The summed E-state index contributed by atoms with van der Waals surface area (Å²) < 4.78 is 5.03. The first-order valence-corrected chi connectivity index (χ1v) is 7.92. The van der Waals surface area contributed by atoms with Gasteiger partial charge in [-0.1, -0.05) is 32.0 Å². The van der Waals surface area contributed by atoms with Gasteiger partial charge in [0.05, 0.1) is 6.20 Å². The fourth-order valence-corrected chi connectivity index (χ4v) is 3.07. The first-order valence-electron chi connectivity index (χ1n) is 7.92. The summed E-state index contributed by atoms with van der Waals surface area (Å²) in [5, 5.41) is 0. The molecule has 25 heavy (non-hydrogen) atoms. The Morgan fingerprint density at radius 1 is 1.24 bits per heavy atom. The number of ketones is 1. The lowest BCUT2D eigenvalue weighted by Gasteiger charge is -2.23. The molecule has 0 atom stereocenters. The van der Waals surface area contributed by atoms with Crippen molar-refractivity contribution >= 4 is 17.4 Å². The number of rotatable bonds is 4. The molecule has 1 aliphatic rings. The molecule has 0 spiro atoms. The largest absolute Gasteiger partial charge is 0.453 e. The predicted molar refractivity (Wildman–Crippen MR) is 93.3 cm³/mol. The lowest BCUT2D eigenvalue weighted by molar-refractivity contribution is -0.117. The van der Waals surface area contributed by atoms with E-state index in [1.165, 1.54) is 18.6 Å². The van der Waals surface area contributed by atoms with E-state index in [1.54, 1.807) is 6.08 Å². The number of esters is 1. The van der Waals surface area contributed by atoms with Crippen LogP contribution in [0.1, 0.15) is 29.9 Å².